The Morgan fingerprint density at radius 3 is 2.41 bits per heavy atom. The summed E-state index contributed by atoms with van der Waals surface area (Å²) in [5, 5.41) is 13.5. The molecule has 1 aliphatic rings. The first-order valence-electron chi connectivity index (χ1n) is 9.08. The van der Waals surface area contributed by atoms with Gasteiger partial charge in [0.2, 0.25) is 15.9 Å². The summed E-state index contributed by atoms with van der Waals surface area (Å²) in [5.74, 6) is 0.498. The van der Waals surface area contributed by atoms with Crippen LogP contribution in [0.25, 0.3) is 0 Å². The number of non-ortho nitro benzene ring substituents is 1. The number of nitro groups is 1. The van der Waals surface area contributed by atoms with Gasteiger partial charge < -0.3 is 9.73 Å². The maximum absolute atomic E-state index is 12.8. The van der Waals surface area contributed by atoms with E-state index in [2.05, 4.69) is 5.32 Å². The molecule has 1 atom stereocenters. The van der Waals surface area contributed by atoms with Gasteiger partial charge in [0.1, 0.15) is 5.76 Å². The molecule has 156 valence electrons. The van der Waals surface area contributed by atoms with Gasteiger partial charge in [-0.3, -0.25) is 19.8 Å². The van der Waals surface area contributed by atoms with Crippen molar-refractivity contribution < 1.29 is 22.6 Å². The number of amides is 1. The molecule has 1 unspecified atom stereocenters. The lowest BCUT2D eigenvalue weighted by atomic mass is 10.2. The zero-order chi connectivity index (χ0) is 21.0. The van der Waals surface area contributed by atoms with Crippen LogP contribution in [-0.2, 0) is 21.4 Å². The first-order chi connectivity index (χ1) is 13.8. The van der Waals surface area contributed by atoms with Crippen LogP contribution in [0.15, 0.2) is 52.0 Å². The van der Waals surface area contributed by atoms with Crippen molar-refractivity contribution in [3.63, 3.8) is 0 Å². The first-order valence-corrected chi connectivity index (χ1v) is 10.5. The third kappa shape index (κ3) is 4.81. The monoisotopic (exact) mass is 422 g/mol. The van der Waals surface area contributed by atoms with E-state index in [1.54, 1.807) is 19.1 Å². The molecular weight excluding hydrogens is 400 g/mol. The van der Waals surface area contributed by atoms with E-state index < -0.39 is 21.0 Å². The van der Waals surface area contributed by atoms with Crippen molar-refractivity contribution in [2.45, 2.75) is 24.4 Å². The molecule has 2 heterocycles. The quantitative estimate of drug-likeness (QED) is 0.525. The molecule has 1 fully saturated rings. The van der Waals surface area contributed by atoms with Gasteiger partial charge in [-0.2, -0.15) is 4.31 Å². The van der Waals surface area contributed by atoms with Crippen LogP contribution in [0.1, 0.15) is 12.7 Å². The lowest BCUT2D eigenvalue weighted by molar-refractivity contribution is -0.384. The van der Waals surface area contributed by atoms with E-state index in [0.29, 0.717) is 25.4 Å². The Labute approximate surface area is 168 Å². The number of carbonyl (C=O) groups is 1. The maximum atomic E-state index is 12.8. The number of hydrogen-bond acceptors (Lipinski definition) is 7. The highest BCUT2D eigenvalue weighted by Gasteiger charge is 2.32. The highest BCUT2D eigenvalue weighted by atomic mass is 32.2. The summed E-state index contributed by atoms with van der Waals surface area (Å²) in [5.41, 5.74) is -0.164. The third-order valence-corrected chi connectivity index (χ3v) is 6.82. The molecule has 10 nitrogen and oxygen atoms in total. The molecule has 11 heteroatoms. The van der Waals surface area contributed by atoms with E-state index in [1.807, 2.05) is 4.90 Å². The molecule has 0 spiro atoms. The number of nitrogens with zero attached hydrogens (tertiary/aromatic N) is 3. The summed E-state index contributed by atoms with van der Waals surface area (Å²) in [7, 11) is -3.74. The molecule has 0 aliphatic carbocycles. The molecule has 1 aromatic heterocycles. The second kappa shape index (κ2) is 8.72. The normalized spacial score (nSPS) is 17.0. The maximum Gasteiger partial charge on any atom is 0.269 e. The van der Waals surface area contributed by atoms with Crippen LogP contribution in [0.2, 0.25) is 0 Å². The second-order valence-corrected chi connectivity index (χ2v) is 8.60. The Morgan fingerprint density at radius 1 is 1.21 bits per heavy atom. The van der Waals surface area contributed by atoms with Crippen molar-refractivity contribution in [1.29, 1.82) is 0 Å². The van der Waals surface area contributed by atoms with E-state index in [-0.39, 0.29) is 29.6 Å². The third-order valence-electron chi connectivity index (χ3n) is 4.90. The standard InChI is InChI=1S/C18H22N4O6S/c1-14(18(23)19-13-16-3-2-12-28-16)20-8-10-21(11-9-20)29(26,27)17-6-4-15(5-7-17)22(24)25/h2-7,12,14H,8-11,13H2,1H3,(H,19,23). The average Bonchev–Trinajstić information content (AvgIpc) is 3.25. The van der Waals surface area contributed by atoms with Gasteiger partial charge in [0.15, 0.2) is 0 Å². The Hall–Kier alpha value is -2.76. The molecule has 0 saturated carbocycles. The lowest BCUT2D eigenvalue weighted by Crippen LogP contribution is -2.54. The molecule has 1 saturated heterocycles. The van der Waals surface area contributed by atoms with Crippen LogP contribution in [0.3, 0.4) is 0 Å². The minimum atomic E-state index is -3.74. The summed E-state index contributed by atoms with van der Waals surface area (Å²) in [6.07, 6.45) is 1.54. The molecule has 29 heavy (non-hydrogen) atoms. The number of furan rings is 1. The van der Waals surface area contributed by atoms with Crippen molar-refractivity contribution in [2.24, 2.45) is 0 Å². The molecule has 1 aromatic carbocycles. The van der Waals surface area contributed by atoms with E-state index in [1.165, 1.54) is 34.8 Å². The Kier molecular flexibility index (Phi) is 6.30. The minimum Gasteiger partial charge on any atom is -0.467 e. The van der Waals surface area contributed by atoms with E-state index in [4.69, 9.17) is 4.42 Å². The van der Waals surface area contributed by atoms with Gasteiger partial charge >= 0.3 is 0 Å². The Morgan fingerprint density at radius 2 is 1.86 bits per heavy atom. The average molecular weight is 422 g/mol. The largest absolute Gasteiger partial charge is 0.467 e. The van der Waals surface area contributed by atoms with Crippen molar-refractivity contribution in [1.82, 2.24) is 14.5 Å². The number of sulfonamides is 1. The van der Waals surface area contributed by atoms with Crippen LogP contribution >= 0.6 is 0 Å². The first kappa shape index (κ1) is 21.0. The SMILES string of the molecule is CC(C(=O)NCc1ccco1)N1CCN(S(=O)(=O)c2ccc([N+](=O)[O-])cc2)CC1. The topological polar surface area (TPSA) is 126 Å². The van der Waals surface area contributed by atoms with Gasteiger partial charge in [-0.05, 0) is 31.2 Å². The van der Waals surface area contributed by atoms with Gasteiger partial charge in [-0.15, -0.1) is 0 Å². The van der Waals surface area contributed by atoms with Crippen LogP contribution < -0.4 is 5.32 Å². The highest BCUT2D eigenvalue weighted by molar-refractivity contribution is 7.89. The summed E-state index contributed by atoms with van der Waals surface area (Å²) in [6.45, 7) is 3.34. The Bertz CT molecular complexity index is 951. The fraction of sp³-hybridized carbons (Fsp3) is 0.389. The van der Waals surface area contributed by atoms with Crippen molar-refractivity contribution in [3.8, 4) is 0 Å². The lowest BCUT2D eigenvalue weighted by Gasteiger charge is -2.36. The van der Waals surface area contributed by atoms with E-state index in [9.17, 15) is 23.3 Å². The number of hydrogen-bond donors (Lipinski definition) is 1. The number of rotatable bonds is 7. The van der Waals surface area contributed by atoms with Gasteiger partial charge in [-0.25, -0.2) is 8.42 Å². The molecule has 3 rings (SSSR count). The summed E-state index contributed by atoms with van der Waals surface area (Å²) >= 11 is 0. The molecule has 1 N–H and O–H groups in total. The van der Waals surface area contributed by atoms with Crippen LogP contribution in [0.5, 0.6) is 0 Å². The number of nitrogens with one attached hydrogen (secondary N) is 1. The summed E-state index contributed by atoms with van der Waals surface area (Å²) < 4.78 is 32.0. The van der Waals surface area contributed by atoms with Crippen molar-refractivity contribution in [2.75, 3.05) is 26.2 Å². The second-order valence-electron chi connectivity index (χ2n) is 6.66. The van der Waals surface area contributed by atoms with Gasteiger partial charge in [0.05, 0.1) is 28.7 Å². The molecule has 0 bridgehead atoms. The van der Waals surface area contributed by atoms with Crippen LogP contribution in [0.4, 0.5) is 5.69 Å². The predicted molar refractivity (Wildman–Crippen MR) is 103 cm³/mol. The van der Waals surface area contributed by atoms with E-state index >= 15 is 0 Å². The molecule has 1 aliphatic heterocycles. The minimum absolute atomic E-state index is 0.0146. The molecular formula is C18H22N4O6S. The fourth-order valence-corrected chi connectivity index (χ4v) is 4.54. The van der Waals surface area contributed by atoms with Gasteiger partial charge in [0.25, 0.3) is 5.69 Å². The zero-order valence-electron chi connectivity index (χ0n) is 15.9. The van der Waals surface area contributed by atoms with E-state index in [0.717, 1.165) is 0 Å². The van der Waals surface area contributed by atoms with Gasteiger partial charge in [0, 0.05) is 38.3 Å². The molecule has 2 aromatic rings. The molecule has 0 radical (unpaired) electrons. The number of piperazine rings is 1. The van der Waals surface area contributed by atoms with Crippen LogP contribution in [-0.4, -0.2) is 60.7 Å². The summed E-state index contributed by atoms with van der Waals surface area (Å²) in [6, 6.07) is 7.94. The fourth-order valence-electron chi connectivity index (χ4n) is 3.12. The molecule has 1 amide bonds. The number of carbonyl (C=O) groups excluding carboxylic acids is 1. The summed E-state index contributed by atoms with van der Waals surface area (Å²) in [4.78, 5) is 24.4. The Balaban J connectivity index is 1.56. The smallest absolute Gasteiger partial charge is 0.269 e. The number of benzene rings is 1. The van der Waals surface area contributed by atoms with Crippen molar-refractivity contribution in [3.05, 3.63) is 58.5 Å². The number of nitro benzene ring substituents is 1. The van der Waals surface area contributed by atoms with Crippen LogP contribution in [0, 0.1) is 10.1 Å². The predicted octanol–water partition coefficient (Wildman–Crippen LogP) is 1.20. The van der Waals surface area contributed by atoms with Gasteiger partial charge in [-0.1, -0.05) is 0 Å². The van der Waals surface area contributed by atoms with Crippen molar-refractivity contribution >= 4 is 21.6 Å². The zero-order valence-corrected chi connectivity index (χ0v) is 16.7. The highest BCUT2D eigenvalue weighted by Crippen LogP contribution is 2.21.